The lowest BCUT2D eigenvalue weighted by Gasteiger charge is -2.14. The Balaban J connectivity index is 1.66. The van der Waals surface area contributed by atoms with E-state index in [4.69, 9.17) is 0 Å². The standard InChI is InChI=1S/C17H18N2O3S/c1-23-12-6-4-5-11(9-12)18-15(20)10-19-16(21)13-7-2-3-8-14(13)17(19)22/h2-6,9,13-14H,7-8,10H2,1H3,(H,18,20)/t13-,14-/m1/s1. The minimum atomic E-state index is -0.350. The molecule has 3 rings (SSSR count). The fourth-order valence-electron chi connectivity index (χ4n) is 3.07. The van der Waals surface area contributed by atoms with Crippen LogP contribution in [0.3, 0.4) is 0 Å². The molecule has 1 N–H and O–H groups in total. The highest BCUT2D eigenvalue weighted by atomic mass is 32.2. The Morgan fingerprint density at radius 2 is 1.87 bits per heavy atom. The van der Waals surface area contributed by atoms with Crippen LogP contribution < -0.4 is 5.32 Å². The van der Waals surface area contributed by atoms with Gasteiger partial charge in [0.1, 0.15) is 6.54 Å². The minimum Gasteiger partial charge on any atom is -0.324 e. The molecule has 0 bridgehead atoms. The van der Waals surface area contributed by atoms with E-state index in [9.17, 15) is 14.4 Å². The molecular formula is C17H18N2O3S. The lowest BCUT2D eigenvalue weighted by atomic mass is 9.85. The smallest absolute Gasteiger partial charge is 0.244 e. The van der Waals surface area contributed by atoms with Gasteiger partial charge in [-0.15, -0.1) is 11.8 Å². The fourth-order valence-corrected chi connectivity index (χ4v) is 3.53. The number of likely N-dealkylation sites (tertiary alicyclic amines) is 1. The number of thioether (sulfide) groups is 1. The van der Waals surface area contributed by atoms with Crippen LogP contribution in [0.5, 0.6) is 0 Å². The highest BCUT2D eigenvalue weighted by Crippen LogP contribution is 2.34. The molecule has 0 unspecified atom stereocenters. The zero-order valence-corrected chi connectivity index (χ0v) is 13.6. The second-order valence-electron chi connectivity index (χ2n) is 5.70. The summed E-state index contributed by atoms with van der Waals surface area (Å²) in [6.45, 7) is -0.214. The number of nitrogens with one attached hydrogen (secondary N) is 1. The SMILES string of the molecule is CSc1cccc(NC(=O)CN2C(=O)[C@@H]3CC=CC[C@H]3C2=O)c1. The van der Waals surface area contributed by atoms with E-state index < -0.39 is 0 Å². The van der Waals surface area contributed by atoms with Gasteiger partial charge in [-0.2, -0.15) is 0 Å². The Morgan fingerprint density at radius 1 is 1.22 bits per heavy atom. The maximum Gasteiger partial charge on any atom is 0.244 e. The summed E-state index contributed by atoms with van der Waals surface area (Å²) in [5.41, 5.74) is 0.667. The summed E-state index contributed by atoms with van der Waals surface area (Å²) in [5.74, 6) is -1.38. The molecule has 1 saturated heterocycles. The number of benzene rings is 1. The normalized spacial score (nSPS) is 23.1. The number of hydrogen-bond donors (Lipinski definition) is 1. The van der Waals surface area contributed by atoms with Gasteiger partial charge in [-0.25, -0.2) is 0 Å². The number of imide groups is 1. The van der Waals surface area contributed by atoms with Crippen LogP contribution in [0.15, 0.2) is 41.3 Å². The first-order chi connectivity index (χ1) is 11.1. The van der Waals surface area contributed by atoms with E-state index in [0.717, 1.165) is 9.80 Å². The van der Waals surface area contributed by atoms with Crippen LogP contribution in [0.25, 0.3) is 0 Å². The van der Waals surface area contributed by atoms with E-state index in [2.05, 4.69) is 5.32 Å². The Labute approximate surface area is 139 Å². The monoisotopic (exact) mass is 330 g/mol. The molecule has 0 aromatic heterocycles. The van der Waals surface area contributed by atoms with Crippen LogP contribution in [0.4, 0.5) is 5.69 Å². The lowest BCUT2D eigenvalue weighted by Crippen LogP contribution is -2.38. The molecule has 1 aromatic carbocycles. The first kappa shape index (κ1) is 15.8. The molecule has 1 fully saturated rings. The van der Waals surface area contributed by atoms with Gasteiger partial charge in [-0.3, -0.25) is 19.3 Å². The molecule has 0 radical (unpaired) electrons. The first-order valence-corrected chi connectivity index (χ1v) is 8.76. The molecule has 3 amide bonds. The third-order valence-corrected chi connectivity index (χ3v) is 4.98. The average molecular weight is 330 g/mol. The molecule has 5 nitrogen and oxygen atoms in total. The molecule has 0 saturated carbocycles. The average Bonchev–Trinajstić information content (AvgIpc) is 2.80. The molecule has 1 heterocycles. The number of nitrogens with zero attached hydrogens (tertiary/aromatic N) is 1. The molecule has 2 atom stereocenters. The van der Waals surface area contributed by atoms with Crippen LogP contribution in [0.1, 0.15) is 12.8 Å². The van der Waals surface area contributed by atoms with Gasteiger partial charge < -0.3 is 5.32 Å². The number of allylic oxidation sites excluding steroid dienone is 2. The molecule has 1 aliphatic heterocycles. The van der Waals surface area contributed by atoms with Gasteiger partial charge in [0.2, 0.25) is 17.7 Å². The van der Waals surface area contributed by atoms with E-state index >= 15 is 0 Å². The molecular weight excluding hydrogens is 312 g/mol. The van der Waals surface area contributed by atoms with Crippen molar-refractivity contribution in [3.8, 4) is 0 Å². The lowest BCUT2D eigenvalue weighted by molar-refractivity contribution is -0.142. The second-order valence-corrected chi connectivity index (χ2v) is 6.58. The summed E-state index contributed by atoms with van der Waals surface area (Å²) in [6, 6.07) is 7.45. The summed E-state index contributed by atoms with van der Waals surface area (Å²) < 4.78 is 0. The molecule has 2 aliphatic rings. The van der Waals surface area contributed by atoms with Gasteiger partial charge in [0.15, 0.2) is 0 Å². The third-order valence-electron chi connectivity index (χ3n) is 4.25. The van der Waals surface area contributed by atoms with Crippen LogP contribution in [-0.4, -0.2) is 35.4 Å². The van der Waals surface area contributed by atoms with Crippen molar-refractivity contribution >= 4 is 35.2 Å². The van der Waals surface area contributed by atoms with Crippen LogP contribution in [0.2, 0.25) is 0 Å². The maximum atomic E-state index is 12.3. The summed E-state index contributed by atoms with van der Waals surface area (Å²) in [4.78, 5) is 39.0. The van der Waals surface area contributed by atoms with Crippen molar-refractivity contribution < 1.29 is 14.4 Å². The molecule has 1 aliphatic carbocycles. The number of carbonyl (C=O) groups excluding carboxylic acids is 3. The van der Waals surface area contributed by atoms with Gasteiger partial charge >= 0.3 is 0 Å². The van der Waals surface area contributed by atoms with Crippen molar-refractivity contribution in [2.75, 3.05) is 18.1 Å². The fraction of sp³-hybridized carbons (Fsp3) is 0.353. The number of fused-ring (bicyclic) bond motifs is 1. The Kier molecular flexibility index (Phi) is 4.52. The summed E-state index contributed by atoms with van der Waals surface area (Å²) >= 11 is 1.58. The Hall–Kier alpha value is -2.08. The molecule has 0 spiro atoms. The largest absolute Gasteiger partial charge is 0.324 e. The van der Waals surface area contributed by atoms with Gasteiger partial charge in [-0.1, -0.05) is 18.2 Å². The number of rotatable bonds is 4. The van der Waals surface area contributed by atoms with Gasteiger partial charge in [0.05, 0.1) is 11.8 Å². The number of amides is 3. The van der Waals surface area contributed by atoms with E-state index in [1.54, 1.807) is 17.8 Å². The first-order valence-electron chi connectivity index (χ1n) is 7.54. The van der Waals surface area contributed by atoms with Crippen molar-refractivity contribution in [3.05, 3.63) is 36.4 Å². The van der Waals surface area contributed by atoms with E-state index in [1.807, 2.05) is 36.6 Å². The summed E-state index contributed by atoms with van der Waals surface area (Å²) in [7, 11) is 0. The second kappa shape index (κ2) is 6.58. The number of hydrogen-bond acceptors (Lipinski definition) is 4. The van der Waals surface area contributed by atoms with Crippen LogP contribution in [-0.2, 0) is 14.4 Å². The van der Waals surface area contributed by atoms with Crippen molar-refractivity contribution in [2.24, 2.45) is 11.8 Å². The number of anilines is 1. The predicted molar refractivity (Wildman–Crippen MR) is 88.9 cm³/mol. The summed E-state index contributed by atoms with van der Waals surface area (Å²) in [5, 5.41) is 2.75. The topological polar surface area (TPSA) is 66.5 Å². The predicted octanol–water partition coefficient (Wildman–Crippen LogP) is 2.30. The van der Waals surface area contributed by atoms with Gasteiger partial charge in [-0.05, 0) is 37.3 Å². The summed E-state index contributed by atoms with van der Waals surface area (Å²) in [6.07, 6.45) is 7.00. The van der Waals surface area contributed by atoms with E-state index in [1.165, 1.54) is 0 Å². The van der Waals surface area contributed by atoms with Crippen LogP contribution in [0, 0.1) is 11.8 Å². The zero-order valence-electron chi connectivity index (χ0n) is 12.8. The molecule has 120 valence electrons. The maximum absolute atomic E-state index is 12.3. The molecule has 23 heavy (non-hydrogen) atoms. The minimum absolute atomic E-state index is 0.214. The highest BCUT2D eigenvalue weighted by molar-refractivity contribution is 7.98. The van der Waals surface area contributed by atoms with Crippen molar-refractivity contribution in [2.45, 2.75) is 17.7 Å². The molecule has 6 heteroatoms. The number of carbonyl (C=O) groups is 3. The van der Waals surface area contributed by atoms with Crippen LogP contribution >= 0.6 is 11.8 Å². The quantitative estimate of drug-likeness (QED) is 0.523. The third kappa shape index (κ3) is 3.17. The Bertz CT molecular complexity index is 660. The van der Waals surface area contributed by atoms with Gasteiger partial charge in [0, 0.05) is 10.6 Å². The highest BCUT2D eigenvalue weighted by Gasteiger charge is 2.47. The van der Waals surface area contributed by atoms with E-state index in [0.29, 0.717) is 18.5 Å². The zero-order chi connectivity index (χ0) is 16.4. The van der Waals surface area contributed by atoms with E-state index in [-0.39, 0.29) is 36.1 Å². The van der Waals surface area contributed by atoms with Crippen molar-refractivity contribution in [1.82, 2.24) is 4.90 Å². The Morgan fingerprint density at radius 3 is 2.48 bits per heavy atom. The van der Waals surface area contributed by atoms with Crippen molar-refractivity contribution in [1.29, 1.82) is 0 Å². The van der Waals surface area contributed by atoms with Gasteiger partial charge in [0.25, 0.3) is 0 Å². The van der Waals surface area contributed by atoms with Crippen molar-refractivity contribution in [3.63, 3.8) is 0 Å². The molecule has 1 aromatic rings.